The molecule has 0 spiro atoms. The van der Waals surface area contributed by atoms with E-state index in [0.717, 1.165) is 18.5 Å². The zero-order chi connectivity index (χ0) is 14.1. The highest BCUT2D eigenvalue weighted by atomic mass is 16.2. The van der Waals surface area contributed by atoms with Crippen molar-refractivity contribution in [2.24, 2.45) is 11.8 Å². The number of hydrogen-bond donors (Lipinski definition) is 2. The Bertz CT molecular complexity index is 516. The molecule has 2 aliphatic rings. The largest absolute Gasteiger partial charge is 0.349 e. The van der Waals surface area contributed by atoms with E-state index in [1.54, 1.807) is 24.3 Å². The standard InChI is InChI=1S/C16H20N2O2/c1-10(11-2-3-11)17-15(19)13-6-8-14(9-7-13)18-16(20)12-4-5-12/h6-12H,2-5H2,1H3,(H,17,19)(H,18,20). The molecule has 0 heterocycles. The van der Waals surface area contributed by atoms with Crippen molar-refractivity contribution in [2.45, 2.75) is 38.6 Å². The van der Waals surface area contributed by atoms with Crippen LogP contribution in [0.3, 0.4) is 0 Å². The first-order valence-corrected chi connectivity index (χ1v) is 7.35. The molecule has 2 fully saturated rings. The zero-order valence-corrected chi connectivity index (χ0v) is 11.7. The summed E-state index contributed by atoms with van der Waals surface area (Å²) in [4.78, 5) is 23.7. The van der Waals surface area contributed by atoms with Gasteiger partial charge in [0.25, 0.3) is 5.91 Å². The Labute approximate surface area is 118 Å². The molecule has 20 heavy (non-hydrogen) atoms. The third-order valence-corrected chi connectivity index (χ3v) is 4.05. The summed E-state index contributed by atoms with van der Waals surface area (Å²) in [6.07, 6.45) is 4.41. The highest BCUT2D eigenvalue weighted by molar-refractivity contribution is 5.96. The monoisotopic (exact) mass is 272 g/mol. The topological polar surface area (TPSA) is 58.2 Å². The predicted molar refractivity (Wildman–Crippen MR) is 77.4 cm³/mol. The molecule has 0 aliphatic heterocycles. The molecule has 1 aromatic carbocycles. The van der Waals surface area contributed by atoms with Crippen LogP contribution in [0.15, 0.2) is 24.3 Å². The van der Waals surface area contributed by atoms with Crippen LogP contribution in [0.25, 0.3) is 0 Å². The second-order valence-corrected chi connectivity index (χ2v) is 5.94. The van der Waals surface area contributed by atoms with Crippen molar-refractivity contribution < 1.29 is 9.59 Å². The van der Waals surface area contributed by atoms with E-state index < -0.39 is 0 Å². The summed E-state index contributed by atoms with van der Waals surface area (Å²) in [5, 5.41) is 5.89. The number of benzene rings is 1. The lowest BCUT2D eigenvalue weighted by Gasteiger charge is -2.13. The molecule has 2 amide bonds. The molecule has 3 rings (SSSR count). The molecule has 106 valence electrons. The second-order valence-electron chi connectivity index (χ2n) is 5.94. The van der Waals surface area contributed by atoms with E-state index in [1.165, 1.54) is 12.8 Å². The smallest absolute Gasteiger partial charge is 0.251 e. The molecule has 1 atom stereocenters. The average Bonchev–Trinajstić information content (AvgIpc) is 3.31. The van der Waals surface area contributed by atoms with Crippen LogP contribution in [-0.2, 0) is 4.79 Å². The third-order valence-electron chi connectivity index (χ3n) is 4.05. The molecule has 1 unspecified atom stereocenters. The quantitative estimate of drug-likeness (QED) is 0.865. The molecule has 0 saturated heterocycles. The molecule has 1 aromatic rings. The van der Waals surface area contributed by atoms with Gasteiger partial charge < -0.3 is 10.6 Å². The SMILES string of the molecule is CC(NC(=O)c1ccc(NC(=O)C2CC2)cc1)C1CC1. The first kappa shape index (κ1) is 13.2. The van der Waals surface area contributed by atoms with Gasteiger partial charge in [-0.05, 0) is 62.8 Å². The van der Waals surface area contributed by atoms with Crippen molar-refractivity contribution in [2.75, 3.05) is 5.32 Å². The summed E-state index contributed by atoms with van der Waals surface area (Å²) in [7, 11) is 0. The van der Waals surface area contributed by atoms with Crippen LogP contribution >= 0.6 is 0 Å². The Hall–Kier alpha value is -1.84. The normalized spacial score (nSPS) is 19.2. The summed E-state index contributed by atoms with van der Waals surface area (Å²) in [6.45, 7) is 2.06. The maximum absolute atomic E-state index is 12.0. The van der Waals surface area contributed by atoms with Gasteiger partial charge in [-0.3, -0.25) is 9.59 Å². The number of amides is 2. The lowest BCUT2D eigenvalue weighted by Crippen LogP contribution is -2.33. The highest BCUT2D eigenvalue weighted by Gasteiger charge is 2.30. The van der Waals surface area contributed by atoms with Crippen LogP contribution in [-0.4, -0.2) is 17.9 Å². The van der Waals surface area contributed by atoms with Gasteiger partial charge in [0.2, 0.25) is 5.91 Å². The maximum Gasteiger partial charge on any atom is 0.251 e. The lowest BCUT2D eigenvalue weighted by molar-refractivity contribution is -0.117. The third kappa shape index (κ3) is 3.18. The van der Waals surface area contributed by atoms with E-state index >= 15 is 0 Å². The molecule has 2 N–H and O–H groups in total. The van der Waals surface area contributed by atoms with Gasteiger partial charge in [0, 0.05) is 23.2 Å². The highest BCUT2D eigenvalue weighted by Crippen LogP contribution is 2.32. The van der Waals surface area contributed by atoms with E-state index in [2.05, 4.69) is 17.6 Å². The minimum absolute atomic E-state index is 0.0375. The van der Waals surface area contributed by atoms with Gasteiger partial charge in [-0.1, -0.05) is 0 Å². The van der Waals surface area contributed by atoms with Gasteiger partial charge in [0.1, 0.15) is 0 Å². The molecular weight excluding hydrogens is 252 g/mol. The summed E-state index contributed by atoms with van der Waals surface area (Å²) in [5.74, 6) is 0.891. The van der Waals surface area contributed by atoms with E-state index in [4.69, 9.17) is 0 Å². The van der Waals surface area contributed by atoms with Crippen molar-refractivity contribution in [3.63, 3.8) is 0 Å². The van der Waals surface area contributed by atoms with Crippen LogP contribution in [0.4, 0.5) is 5.69 Å². The van der Waals surface area contributed by atoms with E-state index in [1.807, 2.05) is 0 Å². The first-order valence-electron chi connectivity index (χ1n) is 7.35. The summed E-state index contributed by atoms with van der Waals surface area (Å²) in [5.41, 5.74) is 1.40. The van der Waals surface area contributed by atoms with Crippen LogP contribution in [0.5, 0.6) is 0 Å². The number of rotatable bonds is 5. The summed E-state index contributed by atoms with van der Waals surface area (Å²) >= 11 is 0. The van der Waals surface area contributed by atoms with Gasteiger partial charge in [0.05, 0.1) is 0 Å². The lowest BCUT2D eigenvalue weighted by atomic mass is 10.1. The number of nitrogens with one attached hydrogen (secondary N) is 2. The Morgan fingerprint density at radius 2 is 1.75 bits per heavy atom. The van der Waals surface area contributed by atoms with Crippen LogP contribution in [0, 0.1) is 11.8 Å². The molecule has 4 heteroatoms. The Morgan fingerprint density at radius 1 is 1.10 bits per heavy atom. The van der Waals surface area contributed by atoms with Crippen molar-refractivity contribution in [3.8, 4) is 0 Å². The number of carbonyl (C=O) groups is 2. The minimum Gasteiger partial charge on any atom is -0.349 e. The van der Waals surface area contributed by atoms with Crippen molar-refractivity contribution >= 4 is 17.5 Å². The molecule has 4 nitrogen and oxygen atoms in total. The minimum atomic E-state index is -0.0375. The zero-order valence-electron chi connectivity index (χ0n) is 11.7. The Balaban J connectivity index is 1.56. The van der Waals surface area contributed by atoms with E-state index in [9.17, 15) is 9.59 Å². The van der Waals surface area contributed by atoms with Crippen LogP contribution in [0.1, 0.15) is 43.0 Å². The summed E-state index contributed by atoms with van der Waals surface area (Å²) in [6, 6.07) is 7.35. The van der Waals surface area contributed by atoms with E-state index in [0.29, 0.717) is 11.5 Å². The van der Waals surface area contributed by atoms with Crippen LogP contribution < -0.4 is 10.6 Å². The van der Waals surface area contributed by atoms with Gasteiger partial charge >= 0.3 is 0 Å². The molecule has 0 radical (unpaired) electrons. The number of anilines is 1. The second kappa shape index (κ2) is 5.27. The summed E-state index contributed by atoms with van der Waals surface area (Å²) < 4.78 is 0. The van der Waals surface area contributed by atoms with Gasteiger partial charge in [-0.15, -0.1) is 0 Å². The first-order chi connectivity index (χ1) is 9.63. The maximum atomic E-state index is 12.0. The fourth-order valence-corrected chi connectivity index (χ4v) is 2.30. The molecule has 2 aliphatic carbocycles. The molecule has 2 saturated carbocycles. The van der Waals surface area contributed by atoms with Crippen LogP contribution in [0.2, 0.25) is 0 Å². The Morgan fingerprint density at radius 3 is 2.30 bits per heavy atom. The molecule has 0 aromatic heterocycles. The number of carbonyl (C=O) groups excluding carboxylic acids is 2. The predicted octanol–water partition coefficient (Wildman–Crippen LogP) is 2.56. The van der Waals surface area contributed by atoms with Crippen molar-refractivity contribution in [1.29, 1.82) is 0 Å². The fraction of sp³-hybridized carbons (Fsp3) is 0.500. The molecular formula is C16H20N2O2. The molecule has 0 bridgehead atoms. The van der Waals surface area contributed by atoms with Crippen molar-refractivity contribution in [1.82, 2.24) is 5.32 Å². The number of hydrogen-bond acceptors (Lipinski definition) is 2. The van der Waals surface area contributed by atoms with Gasteiger partial charge in [-0.2, -0.15) is 0 Å². The fourth-order valence-electron chi connectivity index (χ4n) is 2.30. The average molecular weight is 272 g/mol. The van der Waals surface area contributed by atoms with Gasteiger partial charge in [0.15, 0.2) is 0 Å². The Kier molecular flexibility index (Phi) is 3.47. The van der Waals surface area contributed by atoms with Gasteiger partial charge in [-0.25, -0.2) is 0 Å². The van der Waals surface area contributed by atoms with Crippen molar-refractivity contribution in [3.05, 3.63) is 29.8 Å². The van der Waals surface area contributed by atoms with E-state index in [-0.39, 0.29) is 23.8 Å².